The number of ether oxygens (including phenoxy) is 1. The van der Waals surface area contributed by atoms with Crippen molar-refractivity contribution >= 4 is 0 Å². The number of rotatable bonds is 4. The normalized spacial score (nSPS) is 26.6. The summed E-state index contributed by atoms with van der Waals surface area (Å²) in [5, 5.41) is 0. The first-order chi connectivity index (χ1) is 9.58. The molecule has 0 aliphatic heterocycles. The Labute approximate surface area is 123 Å². The van der Waals surface area contributed by atoms with Gasteiger partial charge in [-0.15, -0.1) is 0 Å². The number of benzene rings is 1. The van der Waals surface area contributed by atoms with E-state index in [0.717, 1.165) is 18.1 Å². The highest BCUT2D eigenvalue weighted by molar-refractivity contribution is 5.47. The van der Waals surface area contributed by atoms with Gasteiger partial charge in [0.05, 0.1) is 7.11 Å². The highest BCUT2D eigenvalue weighted by atomic mass is 16.5. The first-order valence-corrected chi connectivity index (χ1v) is 7.98. The minimum absolute atomic E-state index is 0.277. The Morgan fingerprint density at radius 3 is 2.65 bits per heavy atom. The molecule has 20 heavy (non-hydrogen) atoms. The summed E-state index contributed by atoms with van der Waals surface area (Å²) in [6.45, 7) is 6.57. The van der Waals surface area contributed by atoms with Gasteiger partial charge in [0, 0.05) is 12.0 Å². The van der Waals surface area contributed by atoms with E-state index in [0.29, 0.717) is 5.92 Å². The van der Waals surface area contributed by atoms with Crippen LogP contribution in [0, 0.1) is 19.8 Å². The minimum atomic E-state index is 0.277. The van der Waals surface area contributed by atoms with Crippen molar-refractivity contribution in [1.29, 1.82) is 0 Å². The van der Waals surface area contributed by atoms with Crippen LogP contribution in [0.15, 0.2) is 12.1 Å². The Balaban J connectivity index is 2.31. The minimum Gasteiger partial charge on any atom is -0.496 e. The van der Waals surface area contributed by atoms with Crippen LogP contribution in [0.2, 0.25) is 0 Å². The van der Waals surface area contributed by atoms with E-state index in [1.54, 1.807) is 7.11 Å². The number of methoxy groups -OCH3 is 1. The zero-order chi connectivity index (χ0) is 14.7. The molecule has 112 valence electrons. The van der Waals surface area contributed by atoms with Crippen molar-refractivity contribution in [2.45, 2.75) is 64.8 Å². The van der Waals surface area contributed by atoms with Gasteiger partial charge in [0.1, 0.15) is 5.75 Å². The van der Waals surface area contributed by atoms with Crippen molar-refractivity contribution in [2.24, 2.45) is 11.7 Å². The lowest BCUT2D eigenvalue weighted by atomic mass is 9.73. The predicted octanol–water partition coefficient (Wildman–Crippen LogP) is 4.32. The van der Waals surface area contributed by atoms with Crippen molar-refractivity contribution in [3.63, 3.8) is 0 Å². The standard InChI is InChI=1S/C18H29NO/c1-5-6-14-8-10-17(19)16(11-14)15-9-7-12(2)13(3)18(15)20-4/h7,9,14,16-17H,5-6,8,10-11,19H2,1-4H3. The van der Waals surface area contributed by atoms with Gasteiger partial charge in [0.2, 0.25) is 0 Å². The van der Waals surface area contributed by atoms with Gasteiger partial charge >= 0.3 is 0 Å². The van der Waals surface area contributed by atoms with E-state index in [2.05, 4.69) is 32.9 Å². The fraction of sp³-hybridized carbons (Fsp3) is 0.667. The van der Waals surface area contributed by atoms with Crippen molar-refractivity contribution in [2.75, 3.05) is 7.11 Å². The van der Waals surface area contributed by atoms with Crippen LogP contribution in [0.4, 0.5) is 0 Å². The molecule has 3 unspecified atom stereocenters. The number of hydrogen-bond donors (Lipinski definition) is 1. The Morgan fingerprint density at radius 1 is 1.25 bits per heavy atom. The summed E-state index contributed by atoms with van der Waals surface area (Å²) in [4.78, 5) is 0. The molecule has 0 bridgehead atoms. The molecular formula is C18H29NO. The van der Waals surface area contributed by atoms with Crippen LogP contribution in [-0.4, -0.2) is 13.2 Å². The molecule has 0 heterocycles. The van der Waals surface area contributed by atoms with Crippen LogP contribution in [0.1, 0.15) is 61.6 Å². The maximum absolute atomic E-state index is 6.43. The molecule has 1 aromatic carbocycles. The summed E-state index contributed by atoms with van der Waals surface area (Å²) >= 11 is 0. The third-order valence-corrected chi connectivity index (χ3v) is 5.02. The Kier molecular flexibility index (Phi) is 5.09. The molecule has 0 radical (unpaired) electrons. The highest BCUT2D eigenvalue weighted by Gasteiger charge is 2.31. The lowest BCUT2D eigenvalue weighted by Crippen LogP contribution is -2.34. The predicted molar refractivity (Wildman–Crippen MR) is 85.4 cm³/mol. The van der Waals surface area contributed by atoms with Gasteiger partial charge in [-0.25, -0.2) is 0 Å². The van der Waals surface area contributed by atoms with Crippen molar-refractivity contribution in [3.8, 4) is 5.75 Å². The van der Waals surface area contributed by atoms with E-state index in [1.807, 2.05) is 0 Å². The molecule has 2 heteroatoms. The fourth-order valence-electron chi connectivity index (χ4n) is 3.68. The van der Waals surface area contributed by atoms with Crippen molar-refractivity contribution < 1.29 is 4.74 Å². The Hall–Kier alpha value is -1.02. The first kappa shape index (κ1) is 15.4. The maximum atomic E-state index is 6.43. The average Bonchev–Trinajstić information content (AvgIpc) is 2.44. The first-order valence-electron chi connectivity index (χ1n) is 7.98. The van der Waals surface area contributed by atoms with Crippen molar-refractivity contribution in [3.05, 3.63) is 28.8 Å². The summed E-state index contributed by atoms with van der Waals surface area (Å²) in [7, 11) is 1.78. The van der Waals surface area contributed by atoms with Crippen molar-refractivity contribution in [1.82, 2.24) is 0 Å². The van der Waals surface area contributed by atoms with Gasteiger partial charge in [-0.05, 0) is 55.7 Å². The van der Waals surface area contributed by atoms with E-state index in [-0.39, 0.29) is 6.04 Å². The van der Waals surface area contributed by atoms with Gasteiger partial charge in [0.25, 0.3) is 0 Å². The molecule has 1 aliphatic carbocycles. The lowest BCUT2D eigenvalue weighted by Gasteiger charge is -2.35. The van der Waals surface area contributed by atoms with E-state index in [4.69, 9.17) is 10.5 Å². The lowest BCUT2D eigenvalue weighted by molar-refractivity contribution is 0.269. The van der Waals surface area contributed by atoms with Gasteiger partial charge in [-0.2, -0.15) is 0 Å². The number of aryl methyl sites for hydroxylation is 1. The van der Waals surface area contributed by atoms with Crippen LogP contribution in [0.3, 0.4) is 0 Å². The molecule has 1 aromatic rings. The molecule has 0 saturated heterocycles. The second-order valence-corrected chi connectivity index (χ2v) is 6.37. The number of nitrogens with two attached hydrogens (primary N) is 1. The second kappa shape index (κ2) is 6.62. The molecule has 0 amide bonds. The molecule has 0 spiro atoms. The van der Waals surface area contributed by atoms with E-state index in [9.17, 15) is 0 Å². The third kappa shape index (κ3) is 3.01. The molecular weight excluding hydrogens is 246 g/mol. The van der Waals surface area contributed by atoms with Crippen LogP contribution in [0.25, 0.3) is 0 Å². The molecule has 2 nitrogen and oxygen atoms in total. The van der Waals surface area contributed by atoms with Crippen LogP contribution < -0.4 is 10.5 Å². The second-order valence-electron chi connectivity index (χ2n) is 6.37. The van der Waals surface area contributed by atoms with E-state index in [1.165, 1.54) is 42.4 Å². The van der Waals surface area contributed by atoms with E-state index < -0.39 is 0 Å². The molecule has 3 atom stereocenters. The van der Waals surface area contributed by atoms with Gasteiger partial charge in [0.15, 0.2) is 0 Å². The van der Waals surface area contributed by atoms with Crippen LogP contribution in [0.5, 0.6) is 5.75 Å². The fourth-order valence-corrected chi connectivity index (χ4v) is 3.68. The molecule has 1 saturated carbocycles. The smallest absolute Gasteiger partial charge is 0.125 e. The summed E-state index contributed by atoms with van der Waals surface area (Å²) in [5.74, 6) is 2.34. The van der Waals surface area contributed by atoms with Gasteiger partial charge < -0.3 is 10.5 Å². The quantitative estimate of drug-likeness (QED) is 0.888. The Bertz CT molecular complexity index is 455. The Morgan fingerprint density at radius 2 is 2.00 bits per heavy atom. The van der Waals surface area contributed by atoms with Crippen LogP contribution in [-0.2, 0) is 0 Å². The molecule has 1 fully saturated rings. The van der Waals surface area contributed by atoms with Crippen LogP contribution >= 0.6 is 0 Å². The molecule has 1 aliphatic rings. The summed E-state index contributed by atoms with van der Waals surface area (Å²) in [6.07, 6.45) is 6.25. The SMILES string of the molecule is CCCC1CCC(N)C(c2ccc(C)c(C)c2OC)C1. The molecule has 0 aromatic heterocycles. The average molecular weight is 275 g/mol. The zero-order valence-electron chi connectivity index (χ0n) is 13.4. The highest BCUT2D eigenvalue weighted by Crippen LogP contribution is 2.42. The van der Waals surface area contributed by atoms with Gasteiger partial charge in [-0.3, -0.25) is 0 Å². The zero-order valence-corrected chi connectivity index (χ0v) is 13.4. The largest absolute Gasteiger partial charge is 0.496 e. The monoisotopic (exact) mass is 275 g/mol. The van der Waals surface area contributed by atoms with Gasteiger partial charge in [-0.1, -0.05) is 31.9 Å². The molecule has 2 rings (SSSR count). The topological polar surface area (TPSA) is 35.2 Å². The van der Waals surface area contributed by atoms with E-state index >= 15 is 0 Å². The summed E-state index contributed by atoms with van der Waals surface area (Å²) < 4.78 is 5.70. The molecule has 2 N–H and O–H groups in total. The summed E-state index contributed by atoms with van der Waals surface area (Å²) in [6, 6.07) is 4.72. The number of hydrogen-bond acceptors (Lipinski definition) is 2. The third-order valence-electron chi connectivity index (χ3n) is 5.02. The summed E-state index contributed by atoms with van der Waals surface area (Å²) in [5.41, 5.74) is 10.3. The maximum Gasteiger partial charge on any atom is 0.125 e.